The average Bonchev–Trinajstić information content (AvgIpc) is 3.21. The van der Waals surface area contributed by atoms with Gasteiger partial charge in [-0.05, 0) is 36.6 Å². The van der Waals surface area contributed by atoms with Crippen LogP contribution in [0.2, 0.25) is 0 Å². The Balaban J connectivity index is 1.54. The summed E-state index contributed by atoms with van der Waals surface area (Å²) in [5.74, 6) is 0.301. The summed E-state index contributed by atoms with van der Waals surface area (Å²) in [6, 6.07) is 26.4. The van der Waals surface area contributed by atoms with E-state index in [9.17, 15) is 4.79 Å². The Kier molecular flexibility index (Phi) is 6.31. The molecular weight excluding hydrogens is 408 g/mol. The minimum Gasteiger partial charge on any atom is -0.325 e. The molecule has 150 valence electrons. The number of carbonyl (C=O) groups excluding carboxylic acids is 1. The van der Waals surface area contributed by atoms with Gasteiger partial charge in [-0.2, -0.15) is 0 Å². The van der Waals surface area contributed by atoms with E-state index < -0.39 is 0 Å². The van der Waals surface area contributed by atoms with Crippen LogP contribution in [0.1, 0.15) is 11.1 Å². The van der Waals surface area contributed by atoms with Gasteiger partial charge in [-0.25, -0.2) is 4.98 Å². The van der Waals surface area contributed by atoms with E-state index in [1.54, 1.807) is 11.3 Å². The third kappa shape index (κ3) is 4.64. The van der Waals surface area contributed by atoms with Crippen molar-refractivity contribution in [1.82, 2.24) is 4.98 Å². The number of nitrogens with zero attached hydrogens (tertiary/aromatic N) is 1. The summed E-state index contributed by atoms with van der Waals surface area (Å²) in [4.78, 5) is 18.5. The molecule has 0 saturated heterocycles. The topological polar surface area (TPSA) is 42.0 Å². The highest BCUT2D eigenvalue weighted by Crippen LogP contribution is 2.40. The van der Waals surface area contributed by atoms with Crippen LogP contribution in [-0.4, -0.2) is 16.6 Å². The summed E-state index contributed by atoms with van der Waals surface area (Å²) in [6.45, 7) is 4.07. The number of hydrogen-bond donors (Lipinski definition) is 1. The number of amides is 1. The number of nitrogens with one attached hydrogen (secondary N) is 1. The molecule has 1 heterocycles. The van der Waals surface area contributed by atoms with Crippen molar-refractivity contribution < 1.29 is 4.79 Å². The molecule has 0 spiro atoms. The number of thioether (sulfide) groups is 1. The molecule has 0 unspecified atom stereocenters. The van der Waals surface area contributed by atoms with Crippen LogP contribution in [0.3, 0.4) is 0 Å². The van der Waals surface area contributed by atoms with Gasteiger partial charge in [0.05, 0.1) is 16.3 Å². The lowest BCUT2D eigenvalue weighted by Gasteiger charge is -2.09. The monoisotopic (exact) mass is 430 g/mol. The van der Waals surface area contributed by atoms with E-state index in [4.69, 9.17) is 4.98 Å². The Hall–Kier alpha value is -2.89. The van der Waals surface area contributed by atoms with Gasteiger partial charge in [0, 0.05) is 11.3 Å². The number of anilines is 1. The molecule has 0 saturated carbocycles. The number of carbonyl (C=O) groups is 1. The molecule has 30 heavy (non-hydrogen) atoms. The lowest BCUT2D eigenvalue weighted by molar-refractivity contribution is -0.113. The van der Waals surface area contributed by atoms with Crippen molar-refractivity contribution in [3.8, 4) is 21.7 Å². The predicted octanol–water partition coefficient (Wildman–Crippen LogP) is 6.82. The van der Waals surface area contributed by atoms with E-state index in [1.165, 1.54) is 17.3 Å². The first-order valence-electron chi connectivity index (χ1n) is 9.72. The SMILES string of the molecule is Cc1cccc(NC(=O)CSc2nc(-c3ccccc3)c(-c3ccccc3)s2)c1C. The third-order valence-corrected chi connectivity index (χ3v) is 7.14. The molecule has 0 aliphatic heterocycles. The highest BCUT2D eigenvalue weighted by atomic mass is 32.2. The van der Waals surface area contributed by atoms with Crippen LogP contribution < -0.4 is 5.32 Å². The largest absolute Gasteiger partial charge is 0.325 e. The molecule has 0 bridgehead atoms. The lowest BCUT2D eigenvalue weighted by Crippen LogP contribution is -2.15. The maximum Gasteiger partial charge on any atom is 0.234 e. The van der Waals surface area contributed by atoms with Crippen molar-refractivity contribution in [2.45, 2.75) is 18.2 Å². The van der Waals surface area contributed by atoms with Crippen molar-refractivity contribution in [2.24, 2.45) is 0 Å². The van der Waals surface area contributed by atoms with Gasteiger partial charge in [0.15, 0.2) is 4.34 Å². The van der Waals surface area contributed by atoms with E-state index >= 15 is 0 Å². The number of aromatic nitrogens is 1. The maximum absolute atomic E-state index is 12.5. The second-order valence-corrected chi connectivity index (χ2v) is 9.20. The van der Waals surface area contributed by atoms with Crippen LogP contribution in [0.5, 0.6) is 0 Å². The Morgan fingerprint density at radius 1 is 0.900 bits per heavy atom. The van der Waals surface area contributed by atoms with Crippen LogP contribution >= 0.6 is 23.1 Å². The molecule has 0 fully saturated rings. The minimum atomic E-state index is -0.0218. The summed E-state index contributed by atoms with van der Waals surface area (Å²) in [5, 5.41) is 3.02. The van der Waals surface area contributed by atoms with Crippen LogP contribution in [0.4, 0.5) is 5.69 Å². The Bertz CT molecular complexity index is 1100. The summed E-state index contributed by atoms with van der Waals surface area (Å²) >= 11 is 3.11. The van der Waals surface area contributed by atoms with Gasteiger partial charge in [0.1, 0.15) is 0 Å². The molecule has 1 aromatic heterocycles. The molecule has 0 aliphatic carbocycles. The number of aryl methyl sites for hydroxylation is 1. The Morgan fingerprint density at radius 3 is 2.27 bits per heavy atom. The van der Waals surface area contributed by atoms with Crippen molar-refractivity contribution in [1.29, 1.82) is 0 Å². The number of hydrogen-bond acceptors (Lipinski definition) is 4. The zero-order valence-electron chi connectivity index (χ0n) is 16.9. The molecule has 4 rings (SSSR count). The second-order valence-electron chi connectivity index (χ2n) is 6.97. The first-order valence-corrected chi connectivity index (χ1v) is 11.5. The molecule has 0 radical (unpaired) electrons. The first kappa shape index (κ1) is 20.4. The quantitative estimate of drug-likeness (QED) is 0.341. The predicted molar refractivity (Wildman–Crippen MR) is 128 cm³/mol. The van der Waals surface area contributed by atoms with Gasteiger partial charge < -0.3 is 5.32 Å². The fourth-order valence-electron chi connectivity index (χ4n) is 3.14. The molecule has 5 heteroatoms. The normalized spacial score (nSPS) is 10.7. The zero-order valence-corrected chi connectivity index (χ0v) is 18.5. The van der Waals surface area contributed by atoms with E-state index in [2.05, 4.69) is 29.6 Å². The van der Waals surface area contributed by atoms with Gasteiger partial charge in [0.25, 0.3) is 0 Å². The minimum absolute atomic E-state index is 0.0218. The van der Waals surface area contributed by atoms with Crippen molar-refractivity contribution in [3.63, 3.8) is 0 Å². The molecular formula is C25H22N2OS2. The summed E-state index contributed by atoms with van der Waals surface area (Å²) in [7, 11) is 0. The summed E-state index contributed by atoms with van der Waals surface area (Å²) in [5.41, 5.74) is 6.32. The van der Waals surface area contributed by atoms with Crippen molar-refractivity contribution >= 4 is 34.7 Å². The van der Waals surface area contributed by atoms with E-state index in [1.807, 2.05) is 68.4 Å². The van der Waals surface area contributed by atoms with Gasteiger partial charge in [-0.15, -0.1) is 11.3 Å². The smallest absolute Gasteiger partial charge is 0.234 e. The third-order valence-electron chi connectivity index (χ3n) is 4.90. The zero-order chi connectivity index (χ0) is 20.9. The average molecular weight is 431 g/mol. The van der Waals surface area contributed by atoms with E-state index in [0.717, 1.165) is 37.3 Å². The van der Waals surface area contributed by atoms with Crippen LogP contribution in [0.25, 0.3) is 21.7 Å². The highest BCUT2D eigenvalue weighted by molar-refractivity contribution is 8.01. The van der Waals surface area contributed by atoms with E-state index in [0.29, 0.717) is 5.75 Å². The van der Waals surface area contributed by atoms with Gasteiger partial charge in [-0.3, -0.25) is 4.79 Å². The van der Waals surface area contributed by atoms with Crippen LogP contribution in [-0.2, 0) is 4.79 Å². The molecule has 3 nitrogen and oxygen atoms in total. The molecule has 1 N–H and O–H groups in total. The molecule has 4 aromatic rings. The number of thiazole rings is 1. The van der Waals surface area contributed by atoms with Gasteiger partial charge in [0.2, 0.25) is 5.91 Å². The summed E-state index contributed by atoms with van der Waals surface area (Å²) in [6.07, 6.45) is 0. The van der Waals surface area contributed by atoms with Gasteiger partial charge >= 0.3 is 0 Å². The molecule has 1 amide bonds. The Morgan fingerprint density at radius 2 is 1.57 bits per heavy atom. The summed E-state index contributed by atoms with van der Waals surface area (Å²) < 4.78 is 0.892. The van der Waals surface area contributed by atoms with Crippen LogP contribution in [0.15, 0.2) is 83.2 Å². The number of rotatable bonds is 6. The fourth-order valence-corrected chi connectivity index (χ4v) is 5.11. The Labute approximate surface area is 185 Å². The highest BCUT2D eigenvalue weighted by Gasteiger charge is 2.16. The number of benzene rings is 3. The molecule has 0 atom stereocenters. The fraction of sp³-hybridized carbons (Fsp3) is 0.120. The van der Waals surface area contributed by atoms with Crippen LogP contribution in [0, 0.1) is 13.8 Å². The van der Waals surface area contributed by atoms with E-state index in [-0.39, 0.29) is 5.91 Å². The van der Waals surface area contributed by atoms with Crippen molar-refractivity contribution in [2.75, 3.05) is 11.1 Å². The molecule has 0 aliphatic rings. The standard InChI is InChI=1S/C25H22N2OS2/c1-17-10-9-15-21(18(17)2)26-22(28)16-29-25-27-23(19-11-5-3-6-12-19)24(30-25)20-13-7-4-8-14-20/h3-15H,16H2,1-2H3,(H,26,28). The first-order chi connectivity index (χ1) is 14.6. The molecule has 3 aromatic carbocycles. The van der Waals surface area contributed by atoms with Crippen molar-refractivity contribution in [3.05, 3.63) is 90.0 Å². The lowest BCUT2D eigenvalue weighted by atomic mass is 10.1. The second kappa shape index (κ2) is 9.28. The van der Waals surface area contributed by atoms with Gasteiger partial charge in [-0.1, -0.05) is 84.6 Å². The maximum atomic E-state index is 12.5.